The van der Waals surface area contributed by atoms with Crippen LogP contribution in [0.5, 0.6) is 0 Å². The second-order valence-electron chi connectivity index (χ2n) is 5.61. The van der Waals surface area contributed by atoms with E-state index in [4.69, 9.17) is 9.47 Å². The van der Waals surface area contributed by atoms with Crippen LogP contribution in [-0.2, 0) is 20.7 Å². The number of carbonyl (C=O) groups excluding carboxylic acids is 1. The van der Waals surface area contributed by atoms with Crippen molar-refractivity contribution in [3.05, 3.63) is 46.0 Å². The van der Waals surface area contributed by atoms with Crippen molar-refractivity contribution in [3.63, 3.8) is 0 Å². The van der Waals surface area contributed by atoms with E-state index in [1.54, 1.807) is 0 Å². The van der Waals surface area contributed by atoms with Crippen LogP contribution in [0.2, 0.25) is 0 Å². The number of aryl methyl sites for hydroxylation is 2. The van der Waals surface area contributed by atoms with E-state index in [-0.39, 0.29) is 5.91 Å². The predicted octanol–water partition coefficient (Wildman–Crippen LogP) is 2.70. The summed E-state index contributed by atoms with van der Waals surface area (Å²) in [7, 11) is 0. The highest BCUT2D eigenvalue weighted by molar-refractivity contribution is 7.15. The Bertz CT molecular complexity index is 676. The number of hydrogen-bond donors (Lipinski definition) is 1. The van der Waals surface area contributed by atoms with Gasteiger partial charge in [0.25, 0.3) is 5.91 Å². The second kappa shape index (κ2) is 7.21. The molecular formula is C17H20N2O3S. The number of thiazole rings is 1. The highest BCUT2D eigenvalue weighted by Crippen LogP contribution is 2.25. The van der Waals surface area contributed by atoms with Crippen molar-refractivity contribution in [3.8, 4) is 0 Å². The summed E-state index contributed by atoms with van der Waals surface area (Å²) in [5.41, 5.74) is 3.44. The fraction of sp³-hybridized carbons (Fsp3) is 0.412. The Morgan fingerprint density at radius 3 is 2.78 bits per heavy atom. The number of rotatable bonds is 4. The van der Waals surface area contributed by atoms with Crippen LogP contribution < -0.4 is 5.32 Å². The fourth-order valence-electron chi connectivity index (χ4n) is 2.36. The summed E-state index contributed by atoms with van der Waals surface area (Å²) < 4.78 is 10.7. The molecule has 1 amide bonds. The van der Waals surface area contributed by atoms with E-state index in [0.717, 1.165) is 17.0 Å². The Balaban J connectivity index is 1.65. The van der Waals surface area contributed by atoms with Crippen LogP contribution in [0.1, 0.15) is 21.7 Å². The Hall–Kier alpha value is -1.76. The van der Waals surface area contributed by atoms with Crippen molar-refractivity contribution >= 4 is 22.4 Å². The maximum atomic E-state index is 12.1. The summed E-state index contributed by atoms with van der Waals surface area (Å²) in [5.74, 6) is -0.194. The lowest BCUT2D eigenvalue weighted by Crippen LogP contribution is -2.39. The van der Waals surface area contributed by atoms with Crippen molar-refractivity contribution < 1.29 is 14.3 Å². The lowest BCUT2D eigenvalue weighted by molar-refractivity contribution is -0.142. The molecule has 1 aromatic carbocycles. The standard InChI is InChI=1S/C17H20N2O3S/c1-11-3-5-13(6-4-11)9-15-12(2)18-17(23-15)19-16(20)14-10-21-7-8-22-14/h3-6,14H,7-10H2,1-2H3,(H,18,19,20)/t14-/m1/s1. The molecule has 2 heterocycles. The summed E-state index contributed by atoms with van der Waals surface area (Å²) in [6, 6.07) is 8.46. The van der Waals surface area contributed by atoms with Gasteiger partial charge in [0, 0.05) is 11.3 Å². The van der Waals surface area contributed by atoms with Crippen LogP contribution in [0.15, 0.2) is 24.3 Å². The van der Waals surface area contributed by atoms with Gasteiger partial charge in [0.2, 0.25) is 0 Å². The molecule has 0 saturated carbocycles. The minimum Gasteiger partial charge on any atom is -0.376 e. The lowest BCUT2D eigenvalue weighted by Gasteiger charge is -2.21. The molecule has 0 spiro atoms. The van der Waals surface area contributed by atoms with E-state index in [2.05, 4.69) is 41.5 Å². The van der Waals surface area contributed by atoms with Gasteiger partial charge in [-0.2, -0.15) is 0 Å². The minimum absolute atomic E-state index is 0.194. The normalized spacial score (nSPS) is 17.9. The van der Waals surface area contributed by atoms with Crippen molar-refractivity contribution in [2.45, 2.75) is 26.4 Å². The number of benzene rings is 1. The van der Waals surface area contributed by atoms with Gasteiger partial charge in [-0.3, -0.25) is 10.1 Å². The molecule has 122 valence electrons. The molecule has 0 radical (unpaired) electrons. The molecule has 3 rings (SSSR count). The quantitative estimate of drug-likeness (QED) is 0.935. The molecule has 6 heteroatoms. The van der Waals surface area contributed by atoms with E-state index in [1.165, 1.54) is 22.5 Å². The van der Waals surface area contributed by atoms with Gasteiger partial charge in [0.15, 0.2) is 11.2 Å². The third-order valence-corrected chi connectivity index (χ3v) is 4.79. The number of ether oxygens (including phenoxy) is 2. The highest BCUT2D eigenvalue weighted by Gasteiger charge is 2.23. The van der Waals surface area contributed by atoms with Gasteiger partial charge in [-0.05, 0) is 19.4 Å². The predicted molar refractivity (Wildman–Crippen MR) is 90.0 cm³/mol. The first kappa shape index (κ1) is 16.1. The van der Waals surface area contributed by atoms with Crippen LogP contribution in [0.4, 0.5) is 5.13 Å². The SMILES string of the molecule is Cc1ccc(Cc2sc(NC(=O)[C@H]3COCCO3)nc2C)cc1. The van der Waals surface area contributed by atoms with Gasteiger partial charge < -0.3 is 9.47 Å². The first-order chi connectivity index (χ1) is 11.1. The number of amides is 1. The number of carbonyl (C=O) groups is 1. The summed E-state index contributed by atoms with van der Waals surface area (Å²) in [5, 5.41) is 3.45. The van der Waals surface area contributed by atoms with E-state index >= 15 is 0 Å². The van der Waals surface area contributed by atoms with E-state index in [1.807, 2.05) is 6.92 Å². The Morgan fingerprint density at radius 1 is 1.30 bits per heavy atom. The van der Waals surface area contributed by atoms with Gasteiger partial charge >= 0.3 is 0 Å². The third kappa shape index (κ3) is 4.16. The smallest absolute Gasteiger partial charge is 0.257 e. The molecule has 1 N–H and O–H groups in total. The fourth-order valence-corrected chi connectivity index (χ4v) is 3.36. The minimum atomic E-state index is -0.548. The third-order valence-electron chi connectivity index (χ3n) is 3.72. The first-order valence-electron chi connectivity index (χ1n) is 7.64. The molecule has 0 aliphatic carbocycles. The van der Waals surface area contributed by atoms with Gasteiger partial charge in [0.05, 0.1) is 25.5 Å². The van der Waals surface area contributed by atoms with Gasteiger partial charge in [-0.15, -0.1) is 11.3 Å². The maximum absolute atomic E-state index is 12.1. The van der Waals surface area contributed by atoms with Crippen molar-refractivity contribution in [2.24, 2.45) is 0 Å². The molecule has 1 aliphatic heterocycles. The number of aromatic nitrogens is 1. The topological polar surface area (TPSA) is 60.5 Å². The second-order valence-corrected chi connectivity index (χ2v) is 6.70. The highest BCUT2D eigenvalue weighted by atomic mass is 32.1. The monoisotopic (exact) mass is 332 g/mol. The number of anilines is 1. The zero-order valence-electron chi connectivity index (χ0n) is 13.3. The summed E-state index contributed by atoms with van der Waals surface area (Å²) >= 11 is 1.51. The van der Waals surface area contributed by atoms with Crippen molar-refractivity contribution in [1.82, 2.24) is 4.98 Å². The van der Waals surface area contributed by atoms with Gasteiger partial charge in [-0.1, -0.05) is 29.8 Å². The summed E-state index contributed by atoms with van der Waals surface area (Å²) in [6.07, 6.45) is 0.274. The van der Waals surface area contributed by atoms with Crippen molar-refractivity contribution in [1.29, 1.82) is 0 Å². The Morgan fingerprint density at radius 2 is 2.09 bits per heavy atom. The molecule has 0 unspecified atom stereocenters. The van der Waals surface area contributed by atoms with Crippen LogP contribution in [-0.4, -0.2) is 36.8 Å². The van der Waals surface area contributed by atoms with Crippen LogP contribution in [0.3, 0.4) is 0 Å². The number of hydrogen-bond acceptors (Lipinski definition) is 5. The van der Waals surface area contributed by atoms with Crippen LogP contribution in [0.25, 0.3) is 0 Å². The Kier molecular flexibility index (Phi) is 5.05. The largest absolute Gasteiger partial charge is 0.376 e. The Labute approximate surface area is 139 Å². The lowest BCUT2D eigenvalue weighted by atomic mass is 10.1. The van der Waals surface area contributed by atoms with Crippen LogP contribution >= 0.6 is 11.3 Å². The molecule has 1 aliphatic rings. The molecule has 1 fully saturated rings. The van der Waals surface area contributed by atoms with Gasteiger partial charge in [-0.25, -0.2) is 4.98 Å². The van der Waals surface area contributed by atoms with E-state index < -0.39 is 6.10 Å². The molecule has 1 aromatic heterocycles. The first-order valence-corrected chi connectivity index (χ1v) is 8.45. The molecule has 2 aromatic rings. The molecule has 23 heavy (non-hydrogen) atoms. The molecular weight excluding hydrogens is 312 g/mol. The maximum Gasteiger partial charge on any atom is 0.257 e. The number of nitrogens with zero attached hydrogens (tertiary/aromatic N) is 1. The van der Waals surface area contributed by atoms with Crippen molar-refractivity contribution in [2.75, 3.05) is 25.1 Å². The average Bonchev–Trinajstić information content (AvgIpc) is 2.90. The zero-order chi connectivity index (χ0) is 16.2. The summed E-state index contributed by atoms with van der Waals surface area (Å²) in [4.78, 5) is 17.7. The molecule has 1 atom stereocenters. The molecule has 5 nitrogen and oxygen atoms in total. The molecule has 0 bridgehead atoms. The summed E-state index contributed by atoms with van der Waals surface area (Å²) in [6.45, 7) is 5.34. The zero-order valence-corrected chi connectivity index (χ0v) is 14.1. The molecule has 1 saturated heterocycles. The number of nitrogens with one attached hydrogen (secondary N) is 1. The van der Waals surface area contributed by atoms with E-state index in [9.17, 15) is 4.79 Å². The van der Waals surface area contributed by atoms with E-state index in [0.29, 0.717) is 25.0 Å². The average molecular weight is 332 g/mol. The van der Waals surface area contributed by atoms with Crippen LogP contribution in [0, 0.1) is 13.8 Å². The van der Waals surface area contributed by atoms with Gasteiger partial charge in [0.1, 0.15) is 0 Å².